The Morgan fingerprint density at radius 2 is 1.79 bits per heavy atom. The molecule has 19 heavy (non-hydrogen) atoms. The van der Waals surface area contributed by atoms with Gasteiger partial charge in [0.15, 0.2) is 0 Å². The first kappa shape index (κ1) is 12.7. The Kier molecular flexibility index (Phi) is 2.81. The second-order valence-electron chi connectivity index (χ2n) is 3.76. The Bertz CT molecular complexity index is 598. The van der Waals surface area contributed by atoms with Crippen LogP contribution in [0.1, 0.15) is 20.7 Å². The average molecular weight is 260 g/mol. The summed E-state index contributed by atoms with van der Waals surface area (Å²) in [6, 6.07) is 7.21. The number of amides is 2. The number of ether oxygens (including phenoxy) is 1. The molecule has 1 atom stereocenters. The summed E-state index contributed by atoms with van der Waals surface area (Å²) in [6.45, 7) is 0. The maximum atomic E-state index is 12.1. The summed E-state index contributed by atoms with van der Waals surface area (Å²) < 4.78 is 4.63. The third kappa shape index (κ3) is 1.51. The van der Waals surface area contributed by atoms with Gasteiger partial charge >= 0.3 is 11.7 Å². The normalized spacial score (nSPS) is 16.7. The lowest BCUT2D eigenvalue weighted by Crippen LogP contribution is -2.57. The molecular formula is C12H8N2O5. The number of carboxylic acids is 1. The summed E-state index contributed by atoms with van der Waals surface area (Å²) in [5.74, 6) is -3.47. The molecule has 0 spiro atoms. The Balaban J connectivity index is 2.62. The fourth-order valence-electron chi connectivity index (χ4n) is 1.89. The van der Waals surface area contributed by atoms with Crippen molar-refractivity contribution < 1.29 is 24.2 Å². The van der Waals surface area contributed by atoms with E-state index in [1.54, 1.807) is 0 Å². The third-order valence-corrected chi connectivity index (χ3v) is 2.85. The molecule has 0 saturated heterocycles. The van der Waals surface area contributed by atoms with Gasteiger partial charge in [-0.25, -0.2) is 9.69 Å². The lowest BCUT2D eigenvalue weighted by Gasteiger charge is -2.28. The third-order valence-electron chi connectivity index (χ3n) is 2.85. The maximum absolute atomic E-state index is 12.1. The van der Waals surface area contributed by atoms with Crippen LogP contribution < -0.4 is 0 Å². The lowest BCUT2D eigenvalue weighted by molar-refractivity contribution is -0.167. The minimum atomic E-state index is -2.66. The van der Waals surface area contributed by atoms with E-state index in [0.29, 0.717) is 4.90 Å². The fraction of sp³-hybridized carbons (Fsp3) is 0.167. The van der Waals surface area contributed by atoms with Gasteiger partial charge < -0.3 is 9.84 Å². The van der Waals surface area contributed by atoms with E-state index >= 15 is 0 Å². The summed E-state index contributed by atoms with van der Waals surface area (Å²) in [4.78, 5) is 35.7. The van der Waals surface area contributed by atoms with Gasteiger partial charge in [0.25, 0.3) is 11.8 Å². The predicted molar refractivity (Wildman–Crippen MR) is 59.9 cm³/mol. The predicted octanol–water partition coefficient (Wildman–Crippen LogP) is 0.233. The number of nitrogens with zero attached hydrogens (tertiary/aromatic N) is 2. The molecule has 7 nitrogen and oxygen atoms in total. The van der Waals surface area contributed by atoms with Crippen molar-refractivity contribution in [3.63, 3.8) is 0 Å². The molecule has 1 aromatic carbocycles. The molecule has 1 unspecified atom stereocenters. The largest absolute Gasteiger partial charge is 0.477 e. The van der Waals surface area contributed by atoms with Crippen LogP contribution in [0.5, 0.6) is 0 Å². The number of hydrogen-bond donors (Lipinski definition) is 1. The molecule has 2 amide bonds. The van der Waals surface area contributed by atoms with Crippen LogP contribution in [0.4, 0.5) is 0 Å². The number of fused-ring (bicyclic) bond motifs is 1. The van der Waals surface area contributed by atoms with Gasteiger partial charge in [-0.3, -0.25) is 9.59 Å². The maximum Gasteiger partial charge on any atom is 0.374 e. The number of nitriles is 1. The number of aliphatic carboxylic acids is 1. The number of hydrogen-bond acceptors (Lipinski definition) is 5. The Hall–Kier alpha value is -2.72. The van der Waals surface area contributed by atoms with E-state index in [2.05, 4.69) is 4.74 Å². The number of carboxylic acid groups (broad SMARTS) is 1. The van der Waals surface area contributed by atoms with Crippen molar-refractivity contribution in [3.8, 4) is 6.07 Å². The first-order valence-corrected chi connectivity index (χ1v) is 5.17. The molecule has 1 heterocycles. The Morgan fingerprint density at radius 1 is 1.32 bits per heavy atom. The number of imide groups is 1. The highest BCUT2D eigenvalue weighted by Gasteiger charge is 2.55. The molecule has 96 valence electrons. The van der Waals surface area contributed by atoms with E-state index in [9.17, 15) is 14.4 Å². The second kappa shape index (κ2) is 4.19. The van der Waals surface area contributed by atoms with Crippen LogP contribution in [0, 0.1) is 11.3 Å². The zero-order valence-corrected chi connectivity index (χ0v) is 9.78. The molecule has 0 fully saturated rings. The minimum Gasteiger partial charge on any atom is -0.477 e. The standard InChI is InChI=1S/C12H8N2O5/c1-19-12(6-13,11(17)18)14-9(15)7-4-2-3-5-8(7)10(14)16/h2-5H,1H3,(H,17,18). The van der Waals surface area contributed by atoms with Gasteiger partial charge in [0.2, 0.25) is 0 Å². The smallest absolute Gasteiger partial charge is 0.374 e. The molecular weight excluding hydrogens is 252 g/mol. The number of carbonyl (C=O) groups is 3. The van der Waals surface area contributed by atoms with Gasteiger partial charge in [0, 0.05) is 7.11 Å². The monoisotopic (exact) mass is 260 g/mol. The average Bonchev–Trinajstić information content (AvgIpc) is 2.66. The second-order valence-corrected chi connectivity index (χ2v) is 3.76. The molecule has 1 aliphatic rings. The lowest BCUT2D eigenvalue weighted by atomic mass is 10.1. The van der Waals surface area contributed by atoms with Gasteiger partial charge in [-0.05, 0) is 12.1 Å². The van der Waals surface area contributed by atoms with Crippen molar-refractivity contribution in [2.75, 3.05) is 7.11 Å². The van der Waals surface area contributed by atoms with E-state index < -0.39 is 23.5 Å². The molecule has 0 aromatic heterocycles. The van der Waals surface area contributed by atoms with Gasteiger partial charge in [-0.15, -0.1) is 0 Å². The summed E-state index contributed by atoms with van der Waals surface area (Å²) in [5, 5.41) is 18.1. The Morgan fingerprint density at radius 3 is 2.11 bits per heavy atom. The number of rotatable bonds is 3. The van der Waals surface area contributed by atoms with Crippen LogP contribution in [0.2, 0.25) is 0 Å². The molecule has 2 rings (SSSR count). The zero-order valence-electron chi connectivity index (χ0n) is 9.78. The first-order valence-electron chi connectivity index (χ1n) is 5.17. The van der Waals surface area contributed by atoms with E-state index in [1.165, 1.54) is 30.3 Å². The zero-order chi connectivity index (χ0) is 14.2. The van der Waals surface area contributed by atoms with E-state index in [1.807, 2.05) is 0 Å². The topological polar surface area (TPSA) is 108 Å². The minimum absolute atomic E-state index is 0.0467. The van der Waals surface area contributed by atoms with E-state index in [-0.39, 0.29) is 11.1 Å². The van der Waals surface area contributed by atoms with Crippen molar-refractivity contribution >= 4 is 17.8 Å². The fourth-order valence-corrected chi connectivity index (χ4v) is 1.89. The van der Waals surface area contributed by atoms with Crippen LogP contribution in [0.15, 0.2) is 24.3 Å². The van der Waals surface area contributed by atoms with Crippen LogP contribution in [-0.2, 0) is 9.53 Å². The molecule has 0 aliphatic carbocycles. The van der Waals surface area contributed by atoms with Crippen LogP contribution in [0.25, 0.3) is 0 Å². The molecule has 0 bridgehead atoms. The van der Waals surface area contributed by atoms with Crippen molar-refractivity contribution in [1.82, 2.24) is 4.90 Å². The van der Waals surface area contributed by atoms with Crippen molar-refractivity contribution in [3.05, 3.63) is 35.4 Å². The molecule has 7 heteroatoms. The highest BCUT2D eigenvalue weighted by atomic mass is 16.5. The quantitative estimate of drug-likeness (QED) is 0.779. The van der Waals surface area contributed by atoms with E-state index in [4.69, 9.17) is 10.4 Å². The van der Waals surface area contributed by atoms with Gasteiger partial charge in [-0.2, -0.15) is 5.26 Å². The van der Waals surface area contributed by atoms with Crippen molar-refractivity contribution in [1.29, 1.82) is 5.26 Å². The summed E-state index contributed by atoms with van der Waals surface area (Å²) >= 11 is 0. The summed E-state index contributed by atoms with van der Waals surface area (Å²) in [5.41, 5.74) is -2.57. The van der Waals surface area contributed by atoms with Gasteiger partial charge in [0.05, 0.1) is 11.1 Å². The van der Waals surface area contributed by atoms with Crippen molar-refractivity contribution in [2.45, 2.75) is 5.72 Å². The van der Waals surface area contributed by atoms with Gasteiger partial charge in [-0.1, -0.05) is 12.1 Å². The summed E-state index contributed by atoms with van der Waals surface area (Å²) in [7, 11) is 0.945. The van der Waals surface area contributed by atoms with E-state index in [0.717, 1.165) is 7.11 Å². The van der Waals surface area contributed by atoms with Crippen LogP contribution >= 0.6 is 0 Å². The van der Waals surface area contributed by atoms with Crippen molar-refractivity contribution in [2.24, 2.45) is 0 Å². The first-order chi connectivity index (χ1) is 8.99. The number of benzene rings is 1. The SMILES string of the molecule is COC(C#N)(C(=O)O)N1C(=O)c2ccccc2C1=O. The molecule has 0 saturated carbocycles. The number of methoxy groups -OCH3 is 1. The molecule has 0 radical (unpaired) electrons. The van der Waals surface area contributed by atoms with Crippen LogP contribution in [0.3, 0.4) is 0 Å². The number of carbonyl (C=O) groups excluding carboxylic acids is 2. The highest BCUT2D eigenvalue weighted by molar-refractivity contribution is 6.23. The molecule has 1 aromatic rings. The van der Waals surface area contributed by atoms with Crippen LogP contribution in [-0.4, -0.2) is 40.6 Å². The molecule has 1 N–H and O–H groups in total. The van der Waals surface area contributed by atoms with Gasteiger partial charge in [0.1, 0.15) is 6.07 Å². The summed E-state index contributed by atoms with van der Waals surface area (Å²) in [6.07, 6.45) is 0. The Labute approximate surface area is 107 Å². The molecule has 1 aliphatic heterocycles. The highest BCUT2D eigenvalue weighted by Crippen LogP contribution is 2.30.